The van der Waals surface area contributed by atoms with Crippen molar-refractivity contribution in [3.8, 4) is 11.5 Å². The van der Waals surface area contributed by atoms with Crippen LogP contribution < -0.4 is 14.4 Å². The van der Waals surface area contributed by atoms with Crippen LogP contribution in [-0.4, -0.2) is 62.7 Å². The predicted molar refractivity (Wildman–Crippen MR) is 172 cm³/mol. The molecule has 0 N–H and O–H groups in total. The third-order valence-corrected chi connectivity index (χ3v) is 8.06. The van der Waals surface area contributed by atoms with E-state index in [2.05, 4.69) is 47.6 Å². The number of aryl methyl sites for hydroxylation is 1. The molecule has 1 atom stereocenters. The number of carbonyl (C=O) groups is 1. The average Bonchev–Trinajstić information content (AvgIpc) is 3.71. The molecule has 2 aliphatic heterocycles. The molecule has 2 aromatic carbocycles. The van der Waals surface area contributed by atoms with Gasteiger partial charge < -0.3 is 28.6 Å². The van der Waals surface area contributed by atoms with E-state index in [0.717, 1.165) is 75.3 Å². The van der Waals surface area contributed by atoms with Crippen molar-refractivity contribution in [1.82, 2.24) is 9.80 Å². The Morgan fingerprint density at radius 1 is 0.905 bits per heavy atom. The summed E-state index contributed by atoms with van der Waals surface area (Å²) < 4.78 is 16.0. The normalized spacial score (nSPS) is 15.3. The molecule has 0 bridgehead atoms. The fourth-order valence-corrected chi connectivity index (χ4v) is 5.66. The van der Waals surface area contributed by atoms with Crippen LogP contribution in [0, 0.1) is 0 Å². The molecule has 0 radical (unpaired) electrons. The van der Waals surface area contributed by atoms with E-state index < -0.39 is 0 Å². The minimum atomic E-state index is 0.00875. The van der Waals surface area contributed by atoms with E-state index in [4.69, 9.17) is 13.9 Å². The van der Waals surface area contributed by atoms with Gasteiger partial charge in [0.15, 0.2) is 11.5 Å². The van der Waals surface area contributed by atoms with E-state index in [-0.39, 0.29) is 11.9 Å². The minimum Gasteiger partial charge on any atom is -0.493 e. The quantitative estimate of drug-likeness (QED) is 0.247. The molecule has 1 saturated heterocycles. The van der Waals surface area contributed by atoms with Gasteiger partial charge in [0.2, 0.25) is 0 Å². The van der Waals surface area contributed by atoms with E-state index in [0.29, 0.717) is 18.0 Å². The Labute approximate surface area is 253 Å². The Morgan fingerprint density at radius 3 is 2.21 bits per heavy atom. The van der Waals surface area contributed by atoms with Crippen molar-refractivity contribution < 1.29 is 18.7 Å². The zero-order chi connectivity index (χ0) is 30.5. The van der Waals surface area contributed by atoms with Gasteiger partial charge in [-0.15, -0.1) is 0 Å². The van der Waals surface area contributed by atoms with Crippen LogP contribution in [0.25, 0.3) is 0 Å². The Bertz CT molecular complexity index is 1220. The number of hydrogen-bond donors (Lipinski definition) is 0. The highest BCUT2D eigenvalue weighted by Gasteiger charge is 2.36. The third kappa shape index (κ3) is 7.88. The van der Waals surface area contributed by atoms with E-state index in [1.165, 1.54) is 11.3 Å². The summed E-state index contributed by atoms with van der Waals surface area (Å²) in [7, 11) is 3.30. The van der Waals surface area contributed by atoms with Crippen molar-refractivity contribution in [2.24, 2.45) is 0 Å². The molecule has 1 amide bonds. The molecule has 3 aromatic rings. The summed E-state index contributed by atoms with van der Waals surface area (Å²) >= 11 is 0. The van der Waals surface area contributed by atoms with Crippen LogP contribution >= 0.6 is 0 Å². The van der Waals surface area contributed by atoms with Gasteiger partial charge in [-0.3, -0.25) is 4.79 Å². The molecule has 230 valence electrons. The first kappa shape index (κ1) is 33.1. The lowest BCUT2D eigenvalue weighted by atomic mass is 9.99. The van der Waals surface area contributed by atoms with E-state index in [1.807, 2.05) is 50.2 Å². The minimum absolute atomic E-state index is 0.00875. The van der Waals surface area contributed by atoms with Crippen molar-refractivity contribution in [3.63, 3.8) is 0 Å². The van der Waals surface area contributed by atoms with Gasteiger partial charge in [-0.25, -0.2) is 0 Å². The lowest BCUT2D eigenvalue weighted by Crippen LogP contribution is -2.46. The first-order valence-electron chi connectivity index (χ1n) is 15.7. The fraction of sp³-hybridized carbons (Fsp3) is 0.514. The summed E-state index contributed by atoms with van der Waals surface area (Å²) in [6, 6.07) is 16.2. The number of likely N-dealkylation sites (N-methyl/N-ethyl adjacent to an activating group) is 1. The second-order valence-corrected chi connectivity index (χ2v) is 10.4. The van der Waals surface area contributed by atoms with Crippen LogP contribution in [0.3, 0.4) is 0 Å². The Morgan fingerprint density at radius 2 is 1.64 bits per heavy atom. The summed E-state index contributed by atoms with van der Waals surface area (Å²) in [4.78, 5) is 20.6. The molecule has 0 saturated carbocycles. The number of hydrogen-bond acceptors (Lipinski definition) is 6. The summed E-state index contributed by atoms with van der Waals surface area (Å²) in [5.41, 5.74) is 4.35. The Balaban J connectivity index is 0.000000465. The summed E-state index contributed by atoms with van der Waals surface area (Å²) in [6.07, 6.45) is 5.76. The SMILES string of the molecule is CC.CCCC[C@H](c1ccc(OC)c(OC)c1)N1Cc2c(cccc2N2CCN(CC)CC2)C1=O.CCc1ccco1. The maximum absolute atomic E-state index is 13.6. The average molecular weight is 578 g/mol. The standard InChI is InChI=1S/C27H37N3O3.C6H8O.C2H6/c1-5-7-10-23(20-12-13-25(32-3)26(18-20)33-4)30-19-22-21(27(30)31)9-8-11-24(22)29-16-14-28(6-2)15-17-29;1-2-6-4-3-5-7-6;1-2/h8-9,11-13,18,23H,5-7,10,14-17,19H2,1-4H3;3-5H,2H2,1H3;1-2H3/t23-;;/m1../s1. The Hall–Kier alpha value is -3.45. The van der Waals surface area contributed by atoms with Crippen LogP contribution in [0.1, 0.15) is 87.2 Å². The molecule has 7 nitrogen and oxygen atoms in total. The molecule has 0 aliphatic carbocycles. The molecular formula is C35H51N3O4. The van der Waals surface area contributed by atoms with Crippen molar-refractivity contribution in [2.75, 3.05) is 51.8 Å². The van der Waals surface area contributed by atoms with Gasteiger partial charge in [0, 0.05) is 56.0 Å². The summed E-state index contributed by atoms with van der Waals surface area (Å²) in [5, 5.41) is 0. The molecule has 7 heteroatoms. The van der Waals surface area contributed by atoms with Crippen LogP contribution in [0.15, 0.2) is 59.2 Å². The van der Waals surface area contributed by atoms with Gasteiger partial charge in [0.05, 0.1) is 26.5 Å². The summed E-state index contributed by atoms with van der Waals surface area (Å²) in [6.45, 7) is 16.4. The predicted octanol–water partition coefficient (Wildman–Crippen LogP) is 7.60. The number of ether oxygens (including phenoxy) is 2. The van der Waals surface area contributed by atoms with Crippen molar-refractivity contribution in [2.45, 2.75) is 72.9 Å². The number of unbranched alkanes of at least 4 members (excludes halogenated alkanes) is 1. The number of anilines is 1. The topological polar surface area (TPSA) is 58.4 Å². The highest BCUT2D eigenvalue weighted by Crippen LogP contribution is 2.40. The van der Waals surface area contributed by atoms with Crippen LogP contribution in [0.5, 0.6) is 11.5 Å². The fourth-order valence-electron chi connectivity index (χ4n) is 5.66. The maximum atomic E-state index is 13.6. The molecule has 0 unspecified atom stereocenters. The van der Waals surface area contributed by atoms with Gasteiger partial charge in [0.1, 0.15) is 5.76 Å². The molecule has 1 aromatic heterocycles. The number of carbonyl (C=O) groups excluding carboxylic acids is 1. The van der Waals surface area contributed by atoms with E-state index in [9.17, 15) is 4.79 Å². The third-order valence-electron chi connectivity index (χ3n) is 8.06. The van der Waals surface area contributed by atoms with Crippen molar-refractivity contribution >= 4 is 11.6 Å². The first-order valence-corrected chi connectivity index (χ1v) is 15.7. The van der Waals surface area contributed by atoms with Crippen LogP contribution in [-0.2, 0) is 13.0 Å². The van der Waals surface area contributed by atoms with Gasteiger partial charge in [0.25, 0.3) is 5.91 Å². The molecular weight excluding hydrogens is 526 g/mol. The number of rotatable bonds is 10. The molecule has 42 heavy (non-hydrogen) atoms. The number of amides is 1. The highest BCUT2D eigenvalue weighted by molar-refractivity contribution is 6.00. The molecule has 5 rings (SSSR count). The Kier molecular flexibility index (Phi) is 13.3. The lowest BCUT2D eigenvalue weighted by Gasteiger charge is -2.36. The smallest absolute Gasteiger partial charge is 0.255 e. The second-order valence-electron chi connectivity index (χ2n) is 10.4. The zero-order valence-corrected chi connectivity index (χ0v) is 26.8. The largest absolute Gasteiger partial charge is 0.493 e. The van der Waals surface area contributed by atoms with Gasteiger partial charge in [-0.05, 0) is 54.9 Å². The molecule has 1 fully saturated rings. The number of fused-ring (bicyclic) bond motifs is 1. The number of methoxy groups -OCH3 is 2. The molecule has 0 spiro atoms. The van der Waals surface area contributed by atoms with E-state index >= 15 is 0 Å². The second kappa shape index (κ2) is 16.9. The van der Waals surface area contributed by atoms with Crippen LogP contribution in [0.4, 0.5) is 5.69 Å². The lowest BCUT2D eigenvalue weighted by molar-refractivity contribution is 0.0688. The van der Waals surface area contributed by atoms with Crippen molar-refractivity contribution in [3.05, 3.63) is 77.2 Å². The number of piperazine rings is 1. The van der Waals surface area contributed by atoms with Crippen molar-refractivity contribution in [1.29, 1.82) is 0 Å². The van der Waals surface area contributed by atoms with Gasteiger partial charge >= 0.3 is 0 Å². The van der Waals surface area contributed by atoms with Gasteiger partial charge in [-0.1, -0.05) is 59.6 Å². The van der Waals surface area contributed by atoms with E-state index in [1.54, 1.807) is 20.5 Å². The van der Waals surface area contributed by atoms with Gasteiger partial charge in [-0.2, -0.15) is 0 Å². The molecule has 3 heterocycles. The monoisotopic (exact) mass is 577 g/mol. The van der Waals surface area contributed by atoms with Crippen LogP contribution in [0.2, 0.25) is 0 Å². The summed E-state index contributed by atoms with van der Waals surface area (Å²) in [5.74, 6) is 2.60. The highest BCUT2D eigenvalue weighted by atomic mass is 16.5. The first-order chi connectivity index (χ1) is 20.5. The number of nitrogens with zero attached hydrogens (tertiary/aromatic N) is 3. The zero-order valence-electron chi connectivity index (χ0n) is 26.8. The maximum Gasteiger partial charge on any atom is 0.255 e. The number of benzene rings is 2. The molecule has 2 aliphatic rings. The number of furan rings is 1.